The fraction of sp³-hybridized carbons (Fsp3) is 0.407. The van der Waals surface area contributed by atoms with Crippen LogP contribution in [0.5, 0.6) is 0 Å². The number of unbranched alkanes of at least 4 members (excludes halogenated alkanes) is 1. The maximum Gasteiger partial charge on any atom is 0.247 e. The summed E-state index contributed by atoms with van der Waals surface area (Å²) in [6.45, 7) is 1.14. The SMILES string of the molecule is CNc1nc(Nc2cccc(F)c2)ncc1C#CCCCNC(=O)[C@@H]1C[C@H](O)CN1C(=O)C=CCN(C)C. The summed E-state index contributed by atoms with van der Waals surface area (Å²) >= 11 is 0. The Kier molecular flexibility index (Phi) is 10.6. The zero-order valence-electron chi connectivity index (χ0n) is 21.9. The molecule has 0 spiro atoms. The number of benzene rings is 1. The smallest absolute Gasteiger partial charge is 0.247 e. The molecule has 1 aliphatic rings. The van der Waals surface area contributed by atoms with Crippen molar-refractivity contribution in [3.05, 3.63) is 54.0 Å². The molecule has 2 amide bonds. The Morgan fingerprint density at radius 2 is 2.16 bits per heavy atom. The lowest BCUT2D eigenvalue weighted by Gasteiger charge is -2.22. The zero-order valence-corrected chi connectivity index (χ0v) is 21.9. The van der Waals surface area contributed by atoms with Gasteiger partial charge in [0.1, 0.15) is 17.7 Å². The van der Waals surface area contributed by atoms with Crippen molar-refractivity contribution in [3.8, 4) is 11.8 Å². The highest BCUT2D eigenvalue weighted by Gasteiger charge is 2.37. The van der Waals surface area contributed by atoms with Gasteiger partial charge in [-0.25, -0.2) is 9.37 Å². The molecule has 2 heterocycles. The van der Waals surface area contributed by atoms with Crippen LogP contribution < -0.4 is 16.0 Å². The molecule has 2 aromatic rings. The van der Waals surface area contributed by atoms with Crippen LogP contribution >= 0.6 is 0 Å². The molecule has 1 aromatic heterocycles. The number of nitrogens with one attached hydrogen (secondary N) is 3. The van der Waals surface area contributed by atoms with Crippen LogP contribution in [0.15, 0.2) is 42.6 Å². The van der Waals surface area contributed by atoms with Gasteiger partial charge in [0.25, 0.3) is 0 Å². The molecule has 38 heavy (non-hydrogen) atoms. The first-order valence-corrected chi connectivity index (χ1v) is 12.4. The second-order valence-corrected chi connectivity index (χ2v) is 9.10. The summed E-state index contributed by atoms with van der Waals surface area (Å²) in [5, 5.41) is 18.8. The van der Waals surface area contributed by atoms with E-state index in [9.17, 15) is 19.1 Å². The van der Waals surface area contributed by atoms with E-state index in [0.29, 0.717) is 48.9 Å². The van der Waals surface area contributed by atoms with Gasteiger partial charge in [0.05, 0.1) is 17.9 Å². The van der Waals surface area contributed by atoms with Gasteiger partial charge >= 0.3 is 0 Å². The third kappa shape index (κ3) is 8.54. The molecule has 1 aromatic carbocycles. The Labute approximate surface area is 222 Å². The normalized spacial score (nSPS) is 16.8. The largest absolute Gasteiger partial charge is 0.391 e. The minimum absolute atomic E-state index is 0.140. The van der Waals surface area contributed by atoms with Crippen LogP contribution in [0, 0.1) is 17.7 Å². The van der Waals surface area contributed by atoms with Crippen molar-refractivity contribution in [1.82, 2.24) is 25.1 Å². The van der Waals surface area contributed by atoms with Crippen LogP contribution in [-0.4, -0.2) is 89.6 Å². The number of likely N-dealkylation sites (N-methyl/N-ethyl adjacent to an activating group) is 1. The van der Waals surface area contributed by atoms with Gasteiger partial charge in [0, 0.05) is 51.3 Å². The number of aromatic nitrogens is 2. The summed E-state index contributed by atoms with van der Waals surface area (Å²) < 4.78 is 13.4. The maximum absolute atomic E-state index is 13.4. The van der Waals surface area contributed by atoms with Gasteiger partial charge in [-0.15, -0.1) is 0 Å². The van der Waals surface area contributed by atoms with E-state index in [1.165, 1.54) is 23.1 Å². The van der Waals surface area contributed by atoms with E-state index in [2.05, 4.69) is 37.8 Å². The number of likely N-dealkylation sites (tertiary alicyclic amines) is 1. The number of aliphatic hydroxyl groups is 1. The molecule has 202 valence electrons. The number of aliphatic hydroxyl groups excluding tert-OH is 1. The molecule has 10 nitrogen and oxygen atoms in total. The molecule has 4 N–H and O–H groups in total. The van der Waals surface area contributed by atoms with Crippen LogP contribution in [0.1, 0.15) is 24.8 Å². The first-order valence-electron chi connectivity index (χ1n) is 12.4. The van der Waals surface area contributed by atoms with E-state index in [4.69, 9.17) is 0 Å². The number of carbonyl (C=O) groups is 2. The van der Waals surface area contributed by atoms with Crippen molar-refractivity contribution in [2.45, 2.75) is 31.4 Å². The minimum Gasteiger partial charge on any atom is -0.391 e. The molecule has 3 rings (SSSR count). The summed E-state index contributed by atoms with van der Waals surface area (Å²) in [6, 6.07) is 5.32. The van der Waals surface area contributed by atoms with Crippen molar-refractivity contribution < 1.29 is 19.1 Å². The predicted molar refractivity (Wildman–Crippen MR) is 144 cm³/mol. The summed E-state index contributed by atoms with van der Waals surface area (Å²) in [7, 11) is 5.51. The molecule has 1 saturated heterocycles. The van der Waals surface area contributed by atoms with E-state index in [1.54, 1.807) is 31.5 Å². The first kappa shape index (κ1) is 28.6. The molecule has 2 atom stereocenters. The zero-order chi connectivity index (χ0) is 27.5. The van der Waals surface area contributed by atoms with Gasteiger partial charge in [0.2, 0.25) is 17.8 Å². The second-order valence-electron chi connectivity index (χ2n) is 9.10. The van der Waals surface area contributed by atoms with E-state index in [0.717, 1.165) is 0 Å². The number of hydrogen-bond donors (Lipinski definition) is 4. The molecule has 1 aliphatic heterocycles. The quantitative estimate of drug-likeness (QED) is 0.211. The highest BCUT2D eigenvalue weighted by atomic mass is 19.1. The summed E-state index contributed by atoms with van der Waals surface area (Å²) in [5.74, 6) is 6.00. The third-order valence-corrected chi connectivity index (χ3v) is 5.70. The topological polar surface area (TPSA) is 123 Å². The fourth-order valence-electron chi connectivity index (χ4n) is 3.85. The van der Waals surface area contributed by atoms with Gasteiger partial charge in [-0.05, 0) is 38.7 Å². The monoisotopic (exact) mass is 523 g/mol. The number of nitrogens with zero attached hydrogens (tertiary/aromatic N) is 4. The number of anilines is 3. The highest BCUT2D eigenvalue weighted by molar-refractivity contribution is 5.93. The van der Waals surface area contributed by atoms with Gasteiger partial charge < -0.3 is 30.9 Å². The molecular formula is C27H34FN7O3. The molecule has 0 aliphatic carbocycles. The molecule has 11 heteroatoms. The maximum atomic E-state index is 13.4. The Morgan fingerprint density at radius 1 is 1.34 bits per heavy atom. The Hall–Kier alpha value is -4.01. The third-order valence-electron chi connectivity index (χ3n) is 5.70. The van der Waals surface area contributed by atoms with Crippen molar-refractivity contribution in [3.63, 3.8) is 0 Å². The number of hydrogen-bond acceptors (Lipinski definition) is 8. The van der Waals surface area contributed by atoms with Gasteiger partial charge in [0.15, 0.2) is 0 Å². The summed E-state index contributed by atoms with van der Waals surface area (Å²) in [4.78, 5) is 37.1. The molecule has 0 saturated carbocycles. The van der Waals surface area contributed by atoms with Gasteiger partial charge in [-0.2, -0.15) is 4.98 Å². The molecular weight excluding hydrogens is 489 g/mol. The number of β-amino-alcohol motifs (C(OH)–C–C–N with tert-alkyl or cyclic N) is 1. The molecule has 1 fully saturated rings. The number of rotatable bonds is 10. The van der Waals surface area contributed by atoms with Crippen LogP contribution in [0.3, 0.4) is 0 Å². The lowest BCUT2D eigenvalue weighted by molar-refractivity contribution is -0.135. The van der Waals surface area contributed by atoms with Crippen LogP contribution in [0.4, 0.5) is 21.8 Å². The highest BCUT2D eigenvalue weighted by Crippen LogP contribution is 2.19. The number of halogens is 1. The second kappa shape index (κ2) is 14.1. The standard InChI is InChI=1S/C27H34FN7O3/c1-29-25-19(17-31-27(33-25)32-21-11-7-10-20(28)15-21)9-5-4-6-13-30-26(38)23-16-22(36)18-35(23)24(37)12-8-14-34(2)3/h7-8,10-12,15,17,22-23,36H,4,6,13-14,16,18H2,1-3H3,(H,30,38)(H2,29,31,32,33)/t22-,23-/m0/s1. The van der Waals surface area contributed by atoms with E-state index < -0.39 is 12.1 Å². The van der Waals surface area contributed by atoms with E-state index in [1.807, 2.05) is 19.0 Å². The van der Waals surface area contributed by atoms with Crippen molar-refractivity contribution in [2.75, 3.05) is 51.4 Å². The van der Waals surface area contributed by atoms with Crippen molar-refractivity contribution in [2.24, 2.45) is 0 Å². The lowest BCUT2D eigenvalue weighted by atomic mass is 10.2. The fourth-order valence-corrected chi connectivity index (χ4v) is 3.85. The Bertz CT molecular complexity index is 1210. The minimum atomic E-state index is -0.721. The summed E-state index contributed by atoms with van der Waals surface area (Å²) in [5.41, 5.74) is 1.14. The van der Waals surface area contributed by atoms with E-state index in [-0.39, 0.29) is 30.6 Å². The van der Waals surface area contributed by atoms with Crippen molar-refractivity contribution >= 4 is 29.3 Å². The van der Waals surface area contributed by atoms with Crippen LogP contribution in [-0.2, 0) is 9.59 Å². The lowest BCUT2D eigenvalue weighted by Crippen LogP contribution is -2.45. The summed E-state index contributed by atoms with van der Waals surface area (Å²) in [6.07, 6.45) is 5.40. The van der Waals surface area contributed by atoms with Gasteiger partial charge in [-0.1, -0.05) is 24.0 Å². The average Bonchev–Trinajstić information content (AvgIpc) is 3.28. The Morgan fingerprint density at radius 3 is 2.89 bits per heavy atom. The van der Waals surface area contributed by atoms with Crippen molar-refractivity contribution in [1.29, 1.82) is 0 Å². The number of amides is 2. The Balaban J connectivity index is 1.48. The molecule has 0 unspecified atom stereocenters. The predicted octanol–water partition coefficient (Wildman–Crippen LogP) is 1.73. The number of carbonyl (C=O) groups excluding carboxylic acids is 2. The van der Waals surface area contributed by atoms with Crippen LogP contribution in [0.25, 0.3) is 0 Å². The molecule has 0 radical (unpaired) electrons. The van der Waals surface area contributed by atoms with E-state index >= 15 is 0 Å². The first-order chi connectivity index (χ1) is 18.3. The average molecular weight is 524 g/mol. The molecule has 0 bridgehead atoms. The van der Waals surface area contributed by atoms with Gasteiger partial charge in [-0.3, -0.25) is 9.59 Å². The van der Waals surface area contributed by atoms with Crippen LogP contribution in [0.2, 0.25) is 0 Å².